The molecule has 2 aromatic carbocycles. The summed E-state index contributed by atoms with van der Waals surface area (Å²) in [4.78, 5) is 21.1. The molecule has 0 aliphatic rings. The third kappa shape index (κ3) is 4.41. The van der Waals surface area contributed by atoms with E-state index in [1.165, 1.54) is 0 Å². The van der Waals surface area contributed by atoms with Gasteiger partial charge in [0.05, 0.1) is 23.0 Å². The molecule has 0 fully saturated rings. The Bertz CT molecular complexity index is 1170. The number of carbonyl (C=O) groups is 1. The first-order valence-corrected chi connectivity index (χ1v) is 9.53. The van der Waals surface area contributed by atoms with Gasteiger partial charge in [0.1, 0.15) is 0 Å². The van der Waals surface area contributed by atoms with E-state index in [9.17, 15) is 4.79 Å². The Hall–Kier alpha value is -3.73. The first-order chi connectivity index (χ1) is 14.1. The van der Waals surface area contributed by atoms with Crippen LogP contribution in [-0.4, -0.2) is 15.9 Å². The molecule has 0 radical (unpaired) electrons. The predicted octanol–water partition coefficient (Wildman–Crippen LogP) is 5.36. The average molecular weight is 382 g/mol. The second kappa shape index (κ2) is 8.10. The van der Waals surface area contributed by atoms with E-state index in [2.05, 4.69) is 39.7 Å². The molecule has 5 heteroatoms. The summed E-state index contributed by atoms with van der Waals surface area (Å²) in [5.41, 5.74) is 5.24. The summed E-state index contributed by atoms with van der Waals surface area (Å²) in [5, 5.41) is 7.53. The monoisotopic (exact) mass is 382 g/mol. The highest BCUT2D eigenvalue weighted by Gasteiger charge is 2.10. The van der Waals surface area contributed by atoms with Crippen molar-refractivity contribution in [3.8, 4) is 0 Å². The third-order valence-electron chi connectivity index (χ3n) is 4.76. The summed E-state index contributed by atoms with van der Waals surface area (Å²) < 4.78 is 0. The summed E-state index contributed by atoms with van der Waals surface area (Å²) in [7, 11) is 0. The van der Waals surface area contributed by atoms with Gasteiger partial charge in [0.25, 0.3) is 5.91 Å². The lowest BCUT2D eigenvalue weighted by molar-refractivity contribution is 0.102. The Balaban J connectivity index is 1.49. The van der Waals surface area contributed by atoms with Gasteiger partial charge in [-0.25, -0.2) is 0 Å². The van der Waals surface area contributed by atoms with Gasteiger partial charge in [-0.1, -0.05) is 30.3 Å². The summed E-state index contributed by atoms with van der Waals surface area (Å²) in [6, 6.07) is 19.8. The van der Waals surface area contributed by atoms with Crippen LogP contribution in [0.1, 0.15) is 34.5 Å². The van der Waals surface area contributed by atoms with E-state index < -0.39 is 0 Å². The highest BCUT2D eigenvalue weighted by Crippen LogP contribution is 2.24. The largest absolute Gasteiger partial charge is 0.377 e. The van der Waals surface area contributed by atoms with Crippen LogP contribution in [0.25, 0.3) is 10.9 Å². The number of anilines is 2. The van der Waals surface area contributed by atoms with Crippen molar-refractivity contribution in [1.29, 1.82) is 0 Å². The minimum absolute atomic E-state index is 0.0513. The molecule has 0 unspecified atom stereocenters. The lowest BCUT2D eigenvalue weighted by Crippen LogP contribution is -2.13. The van der Waals surface area contributed by atoms with E-state index in [-0.39, 0.29) is 11.9 Å². The molecule has 2 aromatic heterocycles. The normalized spacial score (nSPS) is 11.8. The molecule has 29 heavy (non-hydrogen) atoms. The molecule has 4 rings (SSSR count). The van der Waals surface area contributed by atoms with E-state index in [0.717, 1.165) is 33.4 Å². The zero-order valence-electron chi connectivity index (χ0n) is 16.4. The Morgan fingerprint density at radius 3 is 2.66 bits per heavy atom. The Morgan fingerprint density at radius 2 is 1.79 bits per heavy atom. The van der Waals surface area contributed by atoms with Gasteiger partial charge in [-0.15, -0.1) is 0 Å². The van der Waals surface area contributed by atoms with Gasteiger partial charge in [0, 0.05) is 29.5 Å². The minimum atomic E-state index is -0.169. The summed E-state index contributed by atoms with van der Waals surface area (Å²) in [6.07, 6.45) is 5.14. The molecule has 0 aliphatic carbocycles. The summed E-state index contributed by atoms with van der Waals surface area (Å²) >= 11 is 0. The van der Waals surface area contributed by atoms with Crippen LogP contribution in [0.5, 0.6) is 0 Å². The van der Waals surface area contributed by atoms with E-state index in [1.54, 1.807) is 12.4 Å². The number of aryl methyl sites for hydroxylation is 1. The number of nitrogens with one attached hydrogen (secondary N) is 2. The topological polar surface area (TPSA) is 66.9 Å². The van der Waals surface area contributed by atoms with Crippen LogP contribution in [0.2, 0.25) is 0 Å². The molecule has 1 atom stereocenters. The highest BCUT2D eigenvalue weighted by molar-refractivity contribution is 6.04. The quantitative estimate of drug-likeness (QED) is 0.487. The van der Waals surface area contributed by atoms with Gasteiger partial charge in [-0.2, -0.15) is 0 Å². The lowest BCUT2D eigenvalue weighted by atomic mass is 10.1. The van der Waals surface area contributed by atoms with Crippen LogP contribution in [0.4, 0.5) is 11.4 Å². The number of pyridine rings is 2. The number of fused-ring (bicyclic) bond motifs is 1. The molecule has 4 aromatic rings. The van der Waals surface area contributed by atoms with Gasteiger partial charge in [0.15, 0.2) is 0 Å². The smallest absolute Gasteiger partial charge is 0.257 e. The molecular formula is C24H22N4O. The second-order valence-corrected chi connectivity index (χ2v) is 7.11. The molecular weight excluding hydrogens is 360 g/mol. The predicted molar refractivity (Wildman–Crippen MR) is 117 cm³/mol. The van der Waals surface area contributed by atoms with E-state index in [0.29, 0.717) is 5.56 Å². The van der Waals surface area contributed by atoms with Crippen molar-refractivity contribution in [2.24, 2.45) is 0 Å². The Morgan fingerprint density at radius 1 is 0.931 bits per heavy atom. The van der Waals surface area contributed by atoms with Gasteiger partial charge >= 0.3 is 0 Å². The molecule has 1 amide bonds. The molecule has 144 valence electrons. The number of rotatable bonds is 5. The molecule has 0 saturated heterocycles. The van der Waals surface area contributed by atoms with Crippen LogP contribution in [0, 0.1) is 6.92 Å². The summed E-state index contributed by atoms with van der Waals surface area (Å²) in [6.45, 7) is 4.00. The number of benzene rings is 2. The fraction of sp³-hybridized carbons (Fsp3) is 0.125. The molecule has 0 aliphatic heterocycles. The number of hydrogen-bond donors (Lipinski definition) is 2. The number of para-hydroxylation sites is 1. The molecule has 0 bridgehead atoms. The standard InChI is InChI=1S/C24H22N4O/c1-16-10-20(14-25-13-16)24(29)28-21-8-5-7-18(11-21)17(2)27-22-12-19-6-3-4-9-23(19)26-15-22/h3-15,17,27H,1-2H3,(H,28,29)/t17-/m0/s1. The van der Waals surface area contributed by atoms with Crippen LogP contribution < -0.4 is 10.6 Å². The number of amides is 1. The second-order valence-electron chi connectivity index (χ2n) is 7.11. The molecule has 2 heterocycles. The number of hydrogen-bond acceptors (Lipinski definition) is 4. The molecule has 0 saturated carbocycles. The van der Waals surface area contributed by atoms with Crippen molar-refractivity contribution < 1.29 is 4.79 Å². The number of aromatic nitrogens is 2. The van der Waals surface area contributed by atoms with Crippen LogP contribution >= 0.6 is 0 Å². The number of nitrogens with zero attached hydrogens (tertiary/aromatic N) is 2. The lowest BCUT2D eigenvalue weighted by Gasteiger charge is -2.17. The highest BCUT2D eigenvalue weighted by atomic mass is 16.1. The number of carbonyl (C=O) groups excluding carboxylic acids is 1. The maximum atomic E-state index is 12.5. The summed E-state index contributed by atoms with van der Waals surface area (Å²) in [5.74, 6) is -0.169. The Labute approximate surface area is 169 Å². The van der Waals surface area contributed by atoms with Crippen molar-refractivity contribution >= 4 is 28.2 Å². The van der Waals surface area contributed by atoms with Gasteiger partial charge in [0.2, 0.25) is 0 Å². The van der Waals surface area contributed by atoms with Crippen LogP contribution in [-0.2, 0) is 0 Å². The van der Waals surface area contributed by atoms with Gasteiger partial charge < -0.3 is 10.6 Å². The molecule has 0 spiro atoms. The fourth-order valence-corrected chi connectivity index (χ4v) is 3.25. The van der Waals surface area contributed by atoms with Crippen molar-refractivity contribution in [2.75, 3.05) is 10.6 Å². The van der Waals surface area contributed by atoms with Crippen molar-refractivity contribution in [3.05, 3.63) is 95.9 Å². The average Bonchev–Trinajstić information content (AvgIpc) is 2.74. The van der Waals surface area contributed by atoms with E-state index in [1.807, 2.05) is 61.7 Å². The van der Waals surface area contributed by atoms with Crippen molar-refractivity contribution in [3.63, 3.8) is 0 Å². The minimum Gasteiger partial charge on any atom is -0.377 e. The van der Waals surface area contributed by atoms with Gasteiger partial charge in [-0.3, -0.25) is 14.8 Å². The first kappa shape index (κ1) is 18.6. The van der Waals surface area contributed by atoms with Crippen LogP contribution in [0.15, 0.2) is 79.3 Å². The SMILES string of the molecule is Cc1cncc(C(=O)Nc2cccc([C@H](C)Nc3cnc4ccccc4c3)c2)c1. The maximum Gasteiger partial charge on any atom is 0.257 e. The van der Waals surface area contributed by atoms with E-state index in [4.69, 9.17) is 0 Å². The van der Waals surface area contributed by atoms with Crippen molar-refractivity contribution in [2.45, 2.75) is 19.9 Å². The molecule has 5 nitrogen and oxygen atoms in total. The molecule has 2 N–H and O–H groups in total. The third-order valence-corrected chi connectivity index (χ3v) is 4.76. The zero-order valence-corrected chi connectivity index (χ0v) is 16.4. The Kier molecular flexibility index (Phi) is 5.20. The fourth-order valence-electron chi connectivity index (χ4n) is 3.25. The van der Waals surface area contributed by atoms with Gasteiger partial charge in [-0.05, 0) is 55.3 Å². The van der Waals surface area contributed by atoms with Crippen molar-refractivity contribution in [1.82, 2.24) is 9.97 Å². The van der Waals surface area contributed by atoms with E-state index >= 15 is 0 Å². The zero-order chi connectivity index (χ0) is 20.2. The first-order valence-electron chi connectivity index (χ1n) is 9.53. The van der Waals surface area contributed by atoms with Crippen LogP contribution in [0.3, 0.4) is 0 Å². The maximum absolute atomic E-state index is 12.5.